The number of benzene rings is 1. The highest BCUT2D eigenvalue weighted by Crippen LogP contribution is 2.17. The lowest BCUT2D eigenvalue weighted by molar-refractivity contribution is 0.601. The van der Waals surface area contributed by atoms with Gasteiger partial charge in [-0.05, 0) is 59.0 Å². The maximum absolute atomic E-state index is 12.2. The van der Waals surface area contributed by atoms with Crippen LogP contribution in [0.5, 0.6) is 0 Å². The van der Waals surface area contributed by atoms with Crippen molar-refractivity contribution < 1.29 is 8.42 Å². The maximum Gasteiger partial charge on any atom is 0.263 e. The Hall–Kier alpha value is -1.26. The fraction of sp³-hybridized carbons (Fsp3) is 0. The number of nitrogens with zero attached hydrogens (tertiary/aromatic N) is 1. The Balaban J connectivity index is 2.26. The molecule has 1 aromatic carbocycles. The van der Waals surface area contributed by atoms with E-state index in [-0.39, 0.29) is 9.88 Å². The predicted molar refractivity (Wildman–Crippen MR) is 90.1 cm³/mol. The first-order valence-corrected chi connectivity index (χ1v) is 8.40. The minimum absolute atomic E-state index is 0.0519. The lowest BCUT2D eigenvalue weighted by Gasteiger charge is -2.08. The van der Waals surface area contributed by atoms with Crippen molar-refractivity contribution in [3.63, 3.8) is 0 Å². The van der Waals surface area contributed by atoms with E-state index >= 15 is 0 Å². The Bertz CT molecular complexity index is 728. The molecule has 5 nitrogen and oxygen atoms in total. The van der Waals surface area contributed by atoms with Crippen LogP contribution in [-0.2, 0) is 10.0 Å². The normalized spacial score (nSPS) is 11.1. The number of hydrogen-bond donors (Lipinski definition) is 2. The van der Waals surface area contributed by atoms with Gasteiger partial charge < -0.3 is 5.73 Å². The lowest BCUT2D eigenvalue weighted by Crippen LogP contribution is -2.15. The molecule has 0 saturated carbocycles. The van der Waals surface area contributed by atoms with Gasteiger partial charge in [0, 0.05) is 15.5 Å². The van der Waals surface area contributed by atoms with E-state index in [1.54, 1.807) is 12.1 Å². The summed E-state index contributed by atoms with van der Waals surface area (Å²) in [4.78, 5) is 4.09. The molecule has 0 spiro atoms. The van der Waals surface area contributed by atoms with Gasteiger partial charge in [0.25, 0.3) is 10.0 Å². The molecule has 0 amide bonds. The van der Waals surface area contributed by atoms with E-state index in [4.69, 9.17) is 18.0 Å². The van der Waals surface area contributed by atoms with Gasteiger partial charge in [-0.2, -0.15) is 0 Å². The molecule has 0 unspecified atom stereocenters. The zero-order valence-corrected chi connectivity index (χ0v) is 13.9. The first-order chi connectivity index (χ1) is 9.38. The Morgan fingerprint density at radius 2 is 1.85 bits per heavy atom. The lowest BCUT2D eigenvalue weighted by atomic mass is 10.3. The van der Waals surface area contributed by atoms with E-state index in [1.165, 1.54) is 18.3 Å². The molecular formula is C12H10IN3O2S2. The Kier molecular flexibility index (Phi) is 4.55. The molecule has 3 N–H and O–H groups in total. The standard InChI is InChI=1S/C12H10IN3O2S2/c13-8-1-3-9(4-2-8)16-20(17,18)10-5-6-11(12(14)19)15-7-10/h1-7,16H,(H2,14,19). The summed E-state index contributed by atoms with van der Waals surface area (Å²) in [5, 5.41) is 0. The second kappa shape index (κ2) is 6.02. The monoisotopic (exact) mass is 419 g/mol. The molecule has 1 aromatic heterocycles. The van der Waals surface area contributed by atoms with Gasteiger partial charge in [-0.3, -0.25) is 9.71 Å². The molecule has 0 bridgehead atoms. The number of hydrogen-bond acceptors (Lipinski definition) is 4. The number of nitrogens with one attached hydrogen (secondary N) is 1. The summed E-state index contributed by atoms with van der Waals surface area (Å²) < 4.78 is 27.8. The summed E-state index contributed by atoms with van der Waals surface area (Å²) >= 11 is 6.91. The highest BCUT2D eigenvalue weighted by molar-refractivity contribution is 14.1. The quantitative estimate of drug-likeness (QED) is 0.586. The first-order valence-electron chi connectivity index (χ1n) is 5.43. The third kappa shape index (κ3) is 3.64. The van der Waals surface area contributed by atoms with Crippen LogP contribution in [0.3, 0.4) is 0 Å². The van der Waals surface area contributed by atoms with Crippen molar-refractivity contribution in [3.05, 3.63) is 51.9 Å². The van der Waals surface area contributed by atoms with E-state index in [9.17, 15) is 8.42 Å². The SMILES string of the molecule is NC(=S)c1ccc(S(=O)(=O)Nc2ccc(I)cc2)cn1. The molecule has 0 radical (unpaired) electrons. The van der Waals surface area contributed by atoms with Gasteiger partial charge in [0.05, 0.1) is 5.69 Å². The third-order valence-corrected chi connectivity index (χ3v) is 4.69. The van der Waals surface area contributed by atoms with Crippen LogP contribution in [0.4, 0.5) is 5.69 Å². The third-order valence-electron chi connectivity index (χ3n) is 2.40. The van der Waals surface area contributed by atoms with Crippen molar-refractivity contribution >= 4 is 55.5 Å². The summed E-state index contributed by atoms with van der Waals surface area (Å²) in [6.45, 7) is 0. The summed E-state index contributed by atoms with van der Waals surface area (Å²) in [5.74, 6) is 0. The van der Waals surface area contributed by atoms with Crippen molar-refractivity contribution in [2.45, 2.75) is 4.90 Å². The second-order valence-corrected chi connectivity index (χ2v) is 7.22. The number of halogens is 1. The molecule has 20 heavy (non-hydrogen) atoms. The molecular weight excluding hydrogens is 409 g/mol. The molecule has 0 saturated heterocycles. The number of rotatable bonds is 4. The van der Waals surface area contributed by atoms with Gasteiger partial charge in [-0.1, -0.05) is 12.2 Å². The number of thiocarbonyl (C=S) groups is 1. The van der Waals surface area contributed by atoms with Gasteiger partial charge in [0.2, 0.25) is 0 Å². The molecule has 104 valence electrons. The highest BCUT2D eigenvalue weighted by atomic mass is 127. The smallest absolute Gasteiger partial charge is 0.263 e. The largest absolute Gasteiger partial charge is 0.388 e. The molecule has 2 rings (SSSR count). The van der Waals surface area contributed by atoms with Gasteiger partial charge in [-0.15, -0.1) is 0 Å². The van der Waals surface area contributed by atoms with Crippen LogP contribution in [-0.4, -0.2) is 18.4 Å². The van der Waals surface area contributed by atoms with Crippen molar-refractivity contribution in [2.75, 3.05) is 4.72 Å². The van der Waals surface area contributed by atoms with Crippen molar-refractivity contribution in [1.82, 2.24) is 4.98 Å². The summed E-state index contributed by atoms with van der Waals surface area (Å²) in [6, 6.07) is 9.90. The number of anilines is 1. The van der Waals surface area contributed by atoms with Crippen molar-refractivity contribution in [3.8, 4) is 0 Å². The maximum atomic E-state index is 12.2. The van der Waals surface area contributed by atoms with E-state index < -0.39 is 10.0 Å². The highest BCUT2D eigenvalue weighted by Gasteiger charge is 2.14. The average molecular weight is 419 g/mol. The Labute approximate surface area is 135 Å². The topological polar surface area (TPSA) is 85.1 Å². The number of aromatic nitrogens is 1. The molecule has 0 fully saturated rings. The van der Waals surface area contributed by atoms with Gasteiger partial charge in [0.15, 0.2) is 0 Å². The molecule has 2 aromatic rings. The number of pyridine rings is 1. The zero-order valence-electron chi connectivity index (χ0n) is 10.1. The van der Waals surface area contributed by atoms with E-state index in [1.807, 2.05) is 12.1 Å². The Morgan fingerprint density at radius 1 is 1.20 bits per heavy atom. The predicted octanol–water partition coefficient (Wildman–Crippen LogP) is 2.12. The first kappa shape index (κ1) is 15.1. The molecule has 8 heteroatoms. The van der Waals surface area contributed by atoms with Crippen LogP contribution in [0.1, 0.15) is 5.69 Å². The van der Waals surface area contributed by atoms with Crippen LogP contribution in [0, 0.1) is 3.57 Å². The van der Waals surface area contributed by atoms with E-state index in [2.05, 4.69) is 32.3 Å². The van der Waals surface area contributed by atoms with Gasteiger partial charge >= 0.3 is 0 Å². The van der Waals surface area contributed by atoms with Crippen LogP contribution in [0.15, 0.2) is 47.5 Å². The number of nitrogens with two attached hydrogens (primary N) is 1. The van der Waals surface area contributed by atoms with E-state index in [0.717, 1.165) is 3.57 Å². The molecule has 0 aliphatic carbocycles. The molecule has 0 aliphatic rings. The Morgan fingerprint density at radius 3 is 2.35 bits per heavy atom. The zero-order chi connectivity index (χ0) is 14.8. The van der Waals surface area contributed by atoms with Crippen LogP contribution >= 0.6 is 34.8 Å². The molecule has 0 aliphatic heterocycles. The second-order valence-electron chi connectivity index (χ2n) is 3.86. The van der Waals surface area contributed by atoms with Crippen molar-refractivity contribution in [2.24, 2.45) is 5.73 Å². The van der Waals surface area contributed by atoms with Crippen LogP contribution in [0.2, 0.25) is 0 Å². The summed E-state index contributed by atoms with van der Waals surface area (Å²) in [7, 11) is -3.67. The fourth-order valence-corrected chi connectivity index (χ4v) is 2.90. The van der Waals surface area contributed by atoms with Gasteiger partial charge in [-0.25, -0.2) is 8.42 Å². The molecule has 0 atom stereocenters. The molecule has 1 heterocycles. The minimum Gasteiger partial charge on any atom is -0.388 e. The van der Waals surface area contributed by atoms with E-state index in [0.29, 0.717) is 11.4 Å². The van der Waals surface area contributed by atoms with Gasteiger partial charge in [0.1, 0.15) is 9.88 Å². The minimum atomic E-state index is -3.67. The summed E-state index contributed by atoms with van der Waals surface area (Å²) in [5.41, 5.74) is 6.29. The van der Waals surface area contributed by atoms with Crippen LogP contribution < -0.4 is 10.5 Å². The fourth-order valence-electron chi connectivity index (χ4n) is 1.42. The number of sulfonamides is 1. The van der Waals surface area contributed by atoms with Crippen LogP contribution in [0.25, 0.3) is 0 Å². The average Bonchev–Trinajstić information content (AvgIpc) is 2.41. The summed E-state index contributed by atoms with van der Waals surface area (Å²) in [6.07, 6.45) is 1.23. The van der Waals surface area contributed by atoms with Crippen molar-refractivity contribution in [1.29, 1.82) is 0 Å².